The van der Waals surface area contributed by atoms with Crippen LogP contribution < -0.4 is 14.8 Å². The van der Waals surface area contributed by atoms with Gasteiger partial charge in [-0.05, 0) is 54.1 Å². The first-order chi connectivity index (χ1) is 17.1. The molecule has 0 fully saturated rings. The Hall–Kier alpha value is -4.53. The third-order valence-electron chi connectivity index (χ3n) is 5.40. The largest absolute Gasteiger partial charge is 0.493 e. The second kappa shape index (κ2) is 9.76. The van der Waals surface area contributed by atoms with E-state index in [4.69, 9.17) is 9.47 Å². The van der Waals surface area contributed by atoms with E-state index in [1.165, 1.54) is 16.6 Å². The minimum absolute atomic E-state index is 0.201. The van der Waals surface area contributed by atoms with Gasteiger partial charge in [0.1, 0.15) is 18.2 Å². The van der Waals surface area contributed by atoms with Crippen LogP contribution in [-0.2, 0) is 0 Å². The first kappa shape index (κ1) is 22.3. The number of aromatic nitrogens is 4. The molecule has 0 aliphatic carbocycles. The van der Waals surface area contributed by atoms with E-state index in [1.54, 1.807) is 24.3 Å². The fraction of sp³-hybridized carbons (Fsp3) is 0.154. The molecule has 176 valence electrons. The number of nitrogens with one attached hydrogen (secondary N) is 1. The fourth-order valence-electron chi connectivity index (χ4n) is 3.80. The van der Waals surface area contributed by atoms with Crippen LogP contribution in [0.1, 0.15) is 17.3 Å². The van der Waals surface area contributed by atoms with Crippen molar-refractivity contribution in [3.63, 3.8) is 0 Å². The van der Waals surface area contributed by atoms with Crippen LogP contribution in [-0.4, -0.2) is 45.5 Å². The molecular weight excluding hydrogens is 449 g/mol. The summed E-state index contributed by atoms with van der Waals surface area (Å²) < 4.78 is 26.2. The quantitative estimate of drug-likeness (QED) is 0.340. The summed E-state index contributed by atoms with van der Waals surface area (Å²) in [6.45, 7) is 2.80. The summed E-state index contributed by atoms with van der Waals surface area (Å²) in [5.41, 5.74) is 1.71. The molecule has 1 amide bonds. The number of nitrogens with zero attached hydrogens (tertiary/aromatic N) is 4. The number of amides is 1. The minimum Gasteiger partial charge on any atom is -0.493 e. The molecule has 0 aliphatic rings. The van der Waals surface area contributed by atoms with E-state index in [0.29, 0.717) is 40.8 Å². The number of rotatable bonds is 8. The normalized spacial score (nSPS) is 11.0. The summed E-state index contributed by atoms with van der Waals surface area (Å²) in [5.74, 6) is 0.777. The molecular formula is C26H22FN5O3. The standard InChI is InChI=1S/C26H22FN5O3/c1-2-34-21-12-9-17-5-3-4-6-20(17)24(21)26(33)28-15-16-35-23-14-13-22-29-30-25(32(22)31-23)18-7-10-19(27)11-8-18/h3-14H,2,15-16H2,1H3,(H,28,33). The van der Waals surface area contributed by atoms with Gasteiger partial charge >= 0.3 is 0 Å². The zero-order valence-corrected chi connectivity index (χ0v) is 18.9. The summed E-state index contributed by atoms with van der Waals surface area (Å²) in [6, 6.07) is 20.8. The van der Waals surface area contributed by atoms with Gasteiger partial charge in [-0.25, -0.2) is 4.39 Å². The third kappa shape index (κ3) is 4.61. The average Bonchev–Trinajstić information content (AvgIpc) is 3.30. The third-order valence-corrected chi connectivity index (χ3v) is 5.40. The van der Waals surface area contributed by atoms with Crippen molar-refractivity contribution in [3.05, 3.63) is 84.2 Å². The van der Waals surface area contributed by atoms with E-state index in [0.717, 1.165) is 10.8 Å². The Morgan fingerprint density at radius 3 is 2.63 bits per heavy atom. The molecule has 8 nitrogen and oxygen atoms in total. The number of carbonyl (C=O) groups is 1. The van der Waals surface area contributed by atoms with Crippen LogP contribution in [0.4, 0.5) is 4.39 Å². The molecule has 2 heterocycles. The molecule has 0 radical (unpaired) electrons. The summed E-state index contributed by atoms with van der Waals surface area (Å²) >= 11 is 0. The van der Waals surface area contributed by atoms with Crippen molar-refractivity contribution in [2.24, 2.45) is 0 Å². The Balaban J connectivity index is 1.27. The highest BCUT2D eigenvalue weighted by molar-refractivity contribution is 6.09. The minimum atomic E-state index is -0.335. The molecule has 2 aromatic heterocycles. The lowest BCUT2D eigenvalue weighted by Crippen LogP contribution is -2.29. The van der Waals surface area contributed by atoms with Crippen molar-refractivity contribution < 1.29 is 18.7 Å². The Kier molecular flexibility index (Phi) is 6.21. The van der Waals surface area contributed by atoms with E-state index < -0.39 is 0 Å². The maximum atomic E-state index is 13.3. The average molecular weight is 471 g/mol. The maximum Gasteiger partial charge on any atom is 0.255 e. The number of hydrogen-bond acceptors (Lipinski definition) is 6. The molecule has 9 heteroatoms. The molecule has 0 spiro atoms. The molecule has 5 rings (SSSR count). The van der Waals surface area contributed by atoms with Crippen LogP contribution in [0.15, 0.2) is 72.8 Å². The molecule has 5 aromatic rings. The number of hydrogen-bond donors (Lipinski definition) is 1. The Labute approximate surface area is 200 Å². The van der Waals surface area contributed by atoms with E-state index in [9.17, 15) is 9.18 Å². The number of ether oxygens (including phenoxy) is 2. The molecule has 1 N–H and O–H groups in total. The molecule has 0 aliphatic heterocycles. The van der Waals surface area contributed by atoms with Crippen molar-refractivity contribution in [1.82, 2.24) is 25.1 Å². The van der Waals surface area contributed by atoms with Crippen LogP contribution in [0.2, 0.25) is 0 Å². The van der Waals surface area contributed by atoms with Crippen LogP contribution in [0.5, 0.6) is 11.6 Å². The zero-order chi connectivity index (χ0) is 24.2. The Morgan fingerprint density at radius 1 is 0.971 bits per heavy atom. The molecule has 0 atom stereocenters. The molecule has 35 heavy (non-hydrogen) atoms. The molecule has 0 bridgehead atoms. The fourth-order valence-corrected chi connectivity index (χ4v) is 3.80. The lowest BCUT2D eigenvalue weighted by Gasteiger charge is -2.14. The van der Waals surface area contributed by atoms with Crippen molar-refractivity contribution in [1.29, 1.82) is 0 Å². The molecule has 0 saturated carbocycles. The first-order valence-corrected chi connectivity index (χ1v) is 11.2. The van der Waals surface area contributed by atoms with Crippen LogP contribution in [0, 0.1) is 5.82 Å². The number of halogens is 1. The summed E-state index contributed by atoms with van der Waals surface area (Å²) in [6.07, 6.45) is 0. The van der Waals surface area contributed by atoms with Gasteiger partial charge in [0, 0.05) is 11.6 Å². The van der Waals surface area contributed by atoms with E-state index >= 15 is 0 Å². The van der Waals surface area contributed by atoms with Crippen molar-refractivity contribution >= 4 is 22.3 Å². The highest BCUT2D eigenvalue weighted by Crippen LogP contribution is 2.28. The summed E-state index contributed by atoms with van der Waals surface area (Å²) in [4.78, 5) is 13.0. The topological polar surface area (TPSA) is 90.6 Å². The van der Waals surface area contributed by atoms with E-state index in [1.807, 2.05) is 43.3 Å². The van der Waals surface area contributed by atoms with Crippen molar-refractivity contribution in [2.75, 3.05) is 19.8 Å². The number of carbonyl (C=O) groups excluding carboxylic acids is 1. The van der Waals surface area contributed by atoms with E-state index in [-0.39, 0.29) is 24.9 Å². The molecule has 0 saturated heterocycles. The second-order valence-electron chi connectivity index (χ2n) is 7.67. The SMILES string of the molecule is CCOc1ccc2ccccc2c1C(=O)NCCOc1ccc2nnc(-c3ccc(F)cc3)n2n1. The second-order valence-corrected chi connectivity index (χ2v) is 7.67. The van der Waals surface area contributed by atoms with Gasteiger partial charge in [-0.15, -0.1) is 15.3 Å². The van der Waals surface area contributed by atoms with Crippen LogP contribution in [0.25, 0.3) is 27.8 Å². The Bertz CT molecular complexity index is 1500. The van der Waals surface area contributed by atoms with Crippen molar-refractivity contribution in [3.8, 4) is 23.0 Å². The van der Waals surface area contributed by atoms with Gasteiger partial charge in [0.05, 0.1) is 18.7 Å². The van der Waals surface area contributed by atoms with Gasteiger partial charge < -0.3 is 14.8 Å². The van der Waals surface area contributed by atoms with Crippen LogP contribution >= 0.6 is 0 Å². The smallest absolute Gasteiger partial charge is 0.255 e. The van der Waals surface area contributed by atoms with E-state index in [2.05, 4.69) is 20.6 Å². The van der Waals surface area contributed by atoms with Crippen LogP contribution in [0.3, 0.4) is 0 Å². The first-order valence-electron chi connectivity index (χ1n) is 11.2. The van der Waals surface area contributed by atoms with Gasteiger partial charge in [-0.1, -0.05) is 30.3 Å². The monoisotopic (exact) mass is 471 g/mol. The lowest BCUT2D eigenvalue weighted by atomic mass is 10.0. The van der Waals surface area contributed by atoms with Crippen molar-refractivity contribution in [2.45, 2.75) is 6.92 Å². The maximum absolute atomic E-state index is 13.3. The summed E-state index contributed by atoms with van der Waals surface area (Å²) in [7, 11) is 0. The molecule has 0 unspecified atom stereocenters. The molecule has 3 aromatic carbocycles. The lowest BCUT2D eigenvalue weighted by molar-refractivity contribution is 0.0944. The van der Waals surface area contributed by atoms with Gasteiger partial charge in [0.15, 0.2) is 11.5 Å². The predicted octanol–water partition coefficient (Wildman–Crippen LogP) is 4.29. The predicted molar refractivity (Wildman–Crippen MR) is 129 cm³/mol. The van der Waals surface area contributed by atoms with Gasteiger partial charge in [-0.2, -0.15) is 4.52 Å². The van der Waals surface area contributed by atoms with Gasteiger partial charge in [0.25, 0.3) is 5.91 Å². The number of fused-ring (bicyclic) bond motifs is 2. The zero-order valence-electron chi connectivity index (χ0n) is 18.9. The highest BCUT2D eigenvalue weighted by Gasteiger charge is 2.16. The van der Waals surface area contributed by atoms with Gasteiger partial charge in [0.2, 0.25) is 5.88 Å². The number of benzene rings is 3. The van der Waals surface area contributed by atoms with Gasteiger partial charge in [-0.3, -0.25) is 4.79 Å². The highest BCUT2D eigenvalue weighted by atomic mass is 19.1. The summed E-state index contributed by atoms with van der Waals surface area (Å²) in [5, 5.41) is 17.3. The Morgan fingerprint density at radius 2 is 1.80 bits per heavy atom.